The molecule has 0 fully saturated rings. The summed E-state index contributed by atoms with van der Waals surface area (Å²) < 4.78 is 1.93. The molecular formula is C23H28N4O2. The second-order valence-corrected chi connectivity index (χ2v) is 7.50. The molecule has 0 radical (unpaired) electrons. The first kappa shape index (κ1) is 20.6. The van der Waals surface area contributed by atoms with Crippen LogP contribution in [0.2, 0.25) is 0 Å². The van der Waals surface area contributed by atoms with E-state index in [2.05, 4.69) is 15.6 Å². The quantitative estimate of drug-likeness (QED) is 0.618. The molecular weight excluding hydrogens is 364 g/mol. The zero-order chi connectivity index (χ0) is 20.8. The summed E-state index contributed by atoms with van der Waals surface area (Å²) in [7, 11) is 0. The molecule has 3 rings (SSSR count). The number of aromatic nitrogens is 2. The lowest BCUT2D eigenvalue weighted by Gasteiger charge is -2.16. The van der Waals surface area contributed by atoms with E-state index in [9.17, 15) is 9.59 Å². The Morgan fingerprint density at radius 2 is 1.69 bits per heavy atom. The zero-order valence-electron chi connectivity index (χ0n) is 17.2. The van der Waals surface area contributed by atoms with Crippen LogP contribution in [0.3, 0.4) is 0 Å². The highest BCUT2D eigenvalue weighted by atomic mass is 16.2. The molecule has 6 nitrogen and oxygen atoms in total. The van der Waals surface area contributed by atoms with Gasteiger partial charge in [-0.25, -0.2) is 4.98 Å². The Morgan fingerprint density at radius 3 is 2.41 bits per heavy atom. The highest BCUT2D eigenvalue weighted by molar-refractivity contribution is 5.81. The van der Waals surface area contributed by atoms with Crippen LogP contribution in [0.25, 0.3) is 11.0 Å². The smallest absolute Gasteiger partial charge is 0.240 e. The minimum absolute atomic E-state index is 0.0158. The average Bonchev–Trinajstić information content (AvgIpc) is 3.05. The van der Waals surface area contributed by atoms with E-state index in [-0.39, 0.29) is 30.3 Å². The summed E-state index contributed by atoms with van der Waals surface area (Å²) in [4.78, 5) is 29.2. The second-order valence-electron chi connectivity index (χ2n) is 7.50. The molecule has 0 aliphatic heterocycles. The number of hydrogen-bond donors (Lipinski definition) is 2. The summed E-state index contributed by atoms with van der Waals surface area (Å²) >= 11 is 0. The maximum absolute atomic E-state index is 12.7. The minimum Gasteiger partial charge on any atom is -0.355 e. The normalized spacial score (nSPS) is 12.1. The van der Waals surface area contributed by atoms with Crippen LogP contribution >= 0.6 is 0 Å². The Balaban J connectivity index is 1.73. The molecule has 6 heteroatoms. The third-order valence-corrected chi connectivity index (χ3v) is 4.88. The van der Waals surface area contributed by atoms with Gasteiger partial charge in [-0.1, -0.05) is 56.3 Å². The standard InChI is InChI=1S/C23H28N4O2/c1-16(2)23(29)24-14-13-21-26-19-11-7-8-12-20(19)27(21)15-22(28)25-17(3)18-9-5-4-6-10-18/h4-12,16-17H,13-15H2,1-3H3,(H,24,29)(H,25,28). The van der Waals surface area contributed by atoms with Crippen LogP contribution in [0.4, 0.5) is 0 Å². The summed E-state index contributed by atoms with van der Waals surface area (Å²) in [6.45, 7) is 6.38. The van der Waals surface area contributed by atoms with Gasteiger partial charge < -0.3 is 15.2 Å². The first-order valence-electron chi connectivity index (χ1n) is 10.0. The molecule has 2 N–H and O–H groups in total. The Kier molecular flexibility index (Phi) is 6.65. The van der Waals surface area contributed by atoms with Gasteiger partial charge in [0.2, 0.25) is 11.8 Å². The number of rotatable bonds is 8. The van der Waals surface area contributed by atoms with E-state index in [0.717, 1.165) is 22.4 Å². The number of carbonyl (C=O) groups excluding carboxylic acids is 2. The average molecular weight is 393 g/mol. The molecule has 2 aromatic carbocycles. The van der Waals surface area contributed by atoms with Crippen LogP contribution in [0.1, 0.15) is 38.2 Å². The molecule has 1 heterocycles. The van der Waals surface area contributed by atoms with Gasteiger partial charge in [0.15, 0.2) is 0 Å². The van der Waals surface area contributed by atoms with Crippen molar-refractivity contribution >= 4 is 22.8 Å². The highest BCUT2D eigenvalue weighted by Crippen LogP contribution is 2.17. The van der Waals surface area contributed by atoms with Crippen LogP contribution in [0.5, 0.6) is 0 Å². The van der Waals surface area contributed by atoms with Crippen molar-refractivity contribution in [1.82, 2.24) is 20.2 Å². The number of amides is 2. The fourth-order valence-corrected chi connectivity index (χ4v) is 3.25. The van der Waals surface area contributed by atoms with Crippen LogP contribution < -0.4 is 10.6 Å². The zero-order valence-corrected chi connectivity index (χ0v) is 17.2. The molecule has 0 aliphatic carbocycles. The highest BCUT2D eigenvalue weighted by Gasteiger charge is 2.16. The third kappa shape index (κ3) is 5.22. The van der Waals surface area contributed by atoms with Crippen molar-refractivity contribution in [2.24, 2.45) is 5.92 Å². The van der Waals surface area contributed by atoms with Gasteiger partial charge in [0, 0.05) is 18.9 Å². The summed E-state index contributed by atoms with van der Waals surface area (Å²) in [5, 5.41) is 5.97. The van der Waals surface area contributed by atoms with E-state index in [1.54, 1.807) is 0 Å². The molecule has 2 amide bonds. The number of imidazole rings is 1. The molecule has 0 saturated carbocycles. The fourth-order valence-electron chi connectivity index (χ4n) is 3.25. The van der Waals surface area contributed by atoms with Gasteiger partial charge in [0.05, 0.1) is 17.1 Å². The lowest BCUT2D eigenvalue weighted by Crippen LogP contribution is -2.32. The Morgan fingerprint density at radius 1 is 1.00 bits per heavy atom. The number of fused-ring (bicyclic) bond motifs is 1. The van der Waals surface area contributed by atoms with Gasteiger partial charge in [0.25, 0.3) is 0 Å². The van der Waals surface area contributed by atoms with Gasteiger partial charge >= 0.3 is 0 Å². The van der Waals surface area contributed by atoms with Gasteiger partial charge in [0.1, 0.15) is 12.4 Å². The van der Waals surface area contributed by atoms with Crippen molar-refractivity contribution in [3.63, 3.8) is 0 Å². The number of benzene rings is 2. The predicted octanol–water partition coefficient (Wildman–Crippen LogP) is 3.23. The van der Waals surface area contributed by atoms with E-state index in [4.69, 9.17) is 0 Å². The van der Waals surface area contributed by atoms with E-state index >= 15 is 0 Å². The maximum Gasteiger partial charge on any atom is 0.240 e. The number of para-hydroxylation sites is 2. The second kappa shape index (κ2) is 9.37. The molecule has 0 saturated heterocycles. The van der Waals surface area contributed by atoms with Gasteiger partial charge in [-0.05, 0) is 24.6 Å². The topological polar surface area (TPSA) is 76.0 Å². The lowest BCUT2D eigenvalue weighted by atomic mass is 10.1. The Hall–Kier alpha value is -3.15. The third-order valence-electron chi connectivity index (χ3n) is 4.88. The number of nitrogens with zero attached hydrogens (tertiary/aromatic N) is 2. The fraction of sp³-hybridized carbons (Fsp3) is 0.348. The molecule has 0 bridgehead atoms. The van der Waals surface area contributed by atoms with Crippen molar-refractivity contribution in [1.29, 1.82) is 0 Å². The van der Waals surface area contributed by atoms with E-state index in [1.165, 1.54) is 0 Å². The summed E-state index contributed by atoms with van der Waals surface area (Å²) in [5.41, 5.74) is 2.83. The Bertz CT molecular complexity index is 979. The monoisotopic (exact) mass is 392 g/mol. The van der Waals surface area contributed by atoms with Crippen molar-refractivity contribution in [2.75, 3.05) is 6.54 Å². The molecule has 1 aromatic heterocycles. The van der Waals surface area contributed by atoms with Gasteiger partial charge in [-0.2, -0.15) is 0 Å². The van der Waals surface area contributed by atoms with Crippen molar-refractivity contribution in [3.05, 3.63) is 66.0 Å². The van der Waals surface area contributed by atoms with Crippen LogP contribution in [0, 0.1) is 5.92 Å². The van der Waals surface area contributed by atoms with Crippen molar-refractivity contribution in [3.8, 4) is 0 Å². The predicted molar refractivity (Wildman–Crippen MR) is 114 cm³/mol. The number of carbonyl (C=O) groups is 2. The minimum atomic E-state index is -0.0766. The SMILES string of the molecule is CC(C)C(=O)NCCc1nc2ccccc2n1CC(=O)NC(C)c1ccccc1. The first-order valence-corrected chi connectivity index (χ1v) is 10.0. The van der Waals surface area contributed by atoms with Crippen LogP contribution in [-0.2, 0) is 22.6 Å². The van der Waals surface area contributed by atoms with E-state index in [0.29, 0.717) is 13.0 Å². The van der Waals surface area contributed by atoms with Crippen molar-refractivity contribution in [2.45, 2.75) is 39.8 Å². The summed E-state index contributed by atoms with van der Waals surface area (Å²) in [6, 6.07) is 17.6. The summed E-state index contributed by atoms with van der Waals surface area (Å²) in [5.74, 6) is 0.677. The molecule has 1 atom stereocenters. The first-order chi connectivity index (χ1) is 14.0. The summed E-state index contributed by atoms with van der Waals surface area (Å²) in [6.07, 6.45) is 0.564. The van der Waals surface area contributed by atoms with Gasteiger partial charge in [-0.15, -0.1) is 0 Å². The number of nitrogens with one attached hydrogen (secondary N) is 2. The van der Waals surface area contributed by atoms with Crippen LogP contribution in [0.15, 0.2) is 54.6 Å². The Labute approximate surface area is 171 Å². The van der Waals surface area contributed by atoms with Crippen molar-refractivity contribution < 1.29 is 9.59 Å². The number of hydrogen-bond acceptors (Lipinski definition) is 3. The van der Waals surface area contributed by atoms with E-state index in [1.807, 2.05) is 79.9 Å². The lowest BCUT2D eigenvalue weighted by molar-refractivity contribution is -0.124. The molecule has 1 unspecified atom stereocenters. The van der Waals surface area contributed by atoms with Crippen LogP contribution in [-0.4, -0.2) is 27.9 Å². The molecule has 152 valence electrons. The van der Waals surface area contributed by atoms with E-state index < -0.39 is 0 Å². The largest absolute Gasteiger partial charge is 0.355 e. The maximum atomic E-state index is 12.7. The van der Waals surface area contributed by atoms with Gasteiger partial charge in [-0.3, -0.25) is 9.59 Å². The molecule has 0 aliphatic rings. The molecule has 29 heavy (non-hydrogen) atoms. The molecule has 0 spiro atoms. The molecule has 3 aromatic rings.